The fourth-order valence-electron chi connectivity index (χ4n) is 6.92. The van der Waals surface area contributed by atoms with Crippen molar-refractivity contribution in [2.75, 3.05) is 19.7 Å². The van der Waals surface area contributed by atoms with Gasteiger partial charge in [0.15, 0.2) is 5.96 Å². The van der Waals surface area contributed by atoms with Gasteiger partial charge in [-0.2, -0.15) is 4.98 Å². The van der Waals surface area contributed by atoms with Crippen LogP contribution in [0.15, 0.2) is 70.7 Å². The zero-order valence-corrected chi connectivity index (χ0v) is 33.8. The van der Waals surface area contributed by atoms with E-state index in [9.17, 15) is 0 Å². The van der Waals surface area contributed by atoms with Crippen molar-refractivity contribution in [3.05, 3.63) is 66.9 Å². The number of hydrogen-bond donors (Lipinski definition) is 3. The van der Waals surface area contributed by atoms with Gasteiger partial charge in [0.05, 0.1) is 12.3 Å². The van der Waals surface area contributed by atoms with E-state index in [0.717, 1.165) is 98.0 Å². The normalized spacial score (nSPS) is 16.5. The van der Waals surface area contributed by atoms with Crippen molar-refractivity contribution >= 4 is 22.4 Å². The zero-order chi connectivity index (χ0) is 38.8. The summed E-state index contributed by atoms with van der Waals surface area (Å²) in [6.07, 6.45) is 21.5. The number of likely N-dealkylation sites (tertiary alicyclic amines) is 1. The van der Waals surface area contributed by atoms with Crippen LogP contribution in [0.1, 0.15) is 143 Å². The van der Waals surface area contributed by atoms with Crippen molar-refractivity contribution in [3.8, 4) is 17.1 Å². The van der Waals surface area contributed by atoms with E-state index in [4.69, 9.17) is 25.2 Å². The molecule has 1 unspecified atom stereocenters. The fraction of sp³-hybridized carbons (Fsp3) is 0.591. The highest BCUT2D eigenvalue weighted by Crippen LogP contribution is 2.33. The Labute approximate surface area is 324 Å². The Balaban J connectivity index is 1.29. The number of allylic oxidation sites excluding steroid dienone is 2. The summed E-state index contributed by atoms with van der Waals surface area (Å²) < 4.78 is 11.8. The number of guanidine groups is 1. The van der Waals surface area contributed by atoms with Crippen LogP contribution in [-0.4, -0.2) is 46.4 Å². The standard InChI is InChI=1S/C44H67N7O3/c1-7-9-11-12-13-14-16-27-47-28-26-44(6,35(5)49-53-34(4)33(3)19-10-8-2)25-15-17-30-52-39-24-23-36-31-38(22-21-37(36)32-39)41-48-42(54-50-41)40-20-18-29-51(40)43(45)46/h21-24,26,28,31-33,40,47H,4,7-20,25,27,29-30H2,1-3,5-6H3,(H3,45,46)/b28-26-,49-35+/t33-,40-,44?/m0/s1. The van der Waals surface area contributed by atoms with Crippen LogP contribution in [0, 0.1) is 16.7 Å². The number of hydrogen-bond acceptors (Lipinski definition) is 8. The maximum Gasteiger partial charge on any atom is 0.249 e. The molecule has 0 amide bonds. The summed E-state index contributed by atoms with van der Waals surface area (Å²) in [4.78, 5) is 12.4. The van der Waals surface area contributed by atoms with Crippen molar-refractivity contribution in [2.24, 2.45) is 22.2 Å². The number of rotatable bonds is 25. The summed E-state index contributed by atoms with van der Waals surface area (Å²) in [5.74, 6) is 2.93. The van der Waals surface area contributed by atoms with Gasteiger partial charge in [0.25, 0.3) is 0 Å². The SMILES string of the molecule is C=C(O/N=C(\C)C(C)(/C=C\NCCCCCCCCC)CCCCOc1ccc2cc(-c3noc([C@@H]4CCCN4C(=N)N)n3)ccc2c1)[C@@H](C)CCCC. The summed E-state index contributed by atoms with van der Waals surface area (Å²) in [5, 5.41) is 22.4. The Hall–Kier alpha value is -4.34. The predicted octanol–water partition coefficient (Wildman–Crippen LogP) is 11.1. The number of unbranched alkanes of at least 4 members (excludes halogenated alkanes) is 8. The van der Waals surface area contributed by atoms with Crippen LogP contribution in [0.4, 0.5) is 0 Å². The molecule has 10 heteroatoms. The van der Waals surface area contributed by atoms with Gasteiger partial charge >= 0.3 is 0 Å². The quantitative estimate of drug-likeness (QED) is 0.0257. The number of nitrogens with two attached hydrogens (primary N) is 1. The second-order valence-corrected chi connectivity index (χ2v) is 15.3. The minimum atomic E-state index is -0.260. The van der Waals surface area contributed by atoms with Gasteiger partial charge in [-0.05, 0) is 87.0 Å². The van der Waals surface area contributed by atoms with E-state index in [1.54, 1.807) is 0 Å². The van der Waals surface area contributed by atoms with Gasteiger partial charge in [0.1, 0.15) is 17.6 Å². The van der Waals surface area contributed by atoms with E-state index < -0.39 is 0 Å². The lowest BCUT2D eigenvalue weighted by atomic mass is 9.80. The second kappa shape index (κ2) is 22.1. The minimum Gasteiger partial charge on any atom is -0.494 e. The molecule has 4 rings (SSSR count). The third-order valence-electron chi connectivity index (χ3n) is 10.9. The van der Waals surface area contributed by atoms with E-state index in [1.165, 1.54) is 44.9 Å². The van der Waals surface area contributed by atoms with Crippen LogP contribution in [0.2, 0.25) is 0 Å². The van der Waals surface area contributed by atoms with Crippen LogP contribution < -0.4 is 15.8 Å². The Morgan fingerprint density at radius 3 is 2.59 bits per heavy atom. The first-order valence-electron chi connectivity index (χ1n) is 20.6. The lowest BCUT2D eigenvalue weighted by Gasteiger charge is -2.26. The smallest absolute Gasteiger partial charge is 0.249 e. The maximum absolute atomic E-state index is 7.85. The largest absolute Gasteiger partial charge is 0.494 e. The highest BCUT2D eigenvalue weighted by Gasteiger charge is 2.32. The molecule has 2 heterocycles. The van der Waals surface area contributed by atoms with Crippen molar-refractivity contribution in [3.63, 3.8) is 0 Å². The number of fused-ring (bicyclic) bond motifs is 1. The zero-order valence-electron chi connectivity index (χ0n) is 33.8. The molecule has 296 valence electrons. The summed E-state index contributed by atoms with van der Waals surface area (Å²) >= 11 is 0. The molecule has 1 aliphatic heterocycles. The van der Waals surface area contributed by atoms with Gasteiger partial charge in [-0.15, -0.1) is 0 Å². The van der Waals surface area contributed by atoms with Gasteiger partial charge in [-0.1, -0.05) is 120 Å². The molecular formula is C44H67N7O3. The molecule has 0 aliphatic carbocycles. The first-order chi connectivity index (χ1) is 26.1. The minimum absolute atomic E-state index is 0.0359. The first-order valence-corrected chi connectivity index (χ1v) is 20.6. The lowest BCUT2D eigenvalue weighted by Crippen LogP contribution is -2.35. The number of ether oxygens (including phenoxy) is 1. The number of benzene rings is 2. The van der Waals surface area contributed by atoms with E-state index in [1.807, 2.05) is 17.0 Å². The molecule has 0 radical (unpaired) electrons. The Morgan fingerprint density at radius 2 is 1.81 bits per heavy atom. The van der Waals surface area contributed by atoms with E-state index in [-0.39, 0.29) is 23.3 Å². The Kier molecular flexibility index (Phi) is 17.4. The molecule has 1 saturated heterocycles. The van der Waals surface area contributed by atoms with Crippen molar-refractivity contribution in [1.29, 1.82) is 5.41 Å². The summed E-state index contributed by atoms with van der Waals surface area (Å²) in [6, 6.07) is 12.2. The molecule has 4 N–H and O–H groups in total. The maximum atomic E-state index is 7.85. The number of nitrogens with zero attached hydrogens (tertiary/aromatic N) is 4. The summed E-state index contributed by atoms with van der Waals surface area (Å²) in [5.41, 5.74) is 7.33. The molecular weight excluding hydrogens is 675 g/mol. The highest BCUT2D eigenvalue weighted by atomic mass is 16.6. The second-order valence-electron chi connectivity index (χ2n) is 15.3. The average Bonchev–Trinajstić information content (AvgIpc) is 3.87. The molecule has 3 atom stereocenters. The van der Waals surface area contributed by atoms with Crippen LogP contribution >= 0.6 is 0 Å². The molecule has 54 heavy (non-hydrogen) atoms. The highest BCUT2D eigenvalue weighted by molar-refractivity contribution is 5.89. The fourth-order valence-corrected chi connectivity index (χ4v) is 6.92. The van der Waals surface area contributed by atoms with Crippen molar-refractivity contribution in [1.82, 2.24) is 20.4 Å². The molecule has 0 bridgehead atoms. The summed E-state index contributed by atoms with van der Waals surface area (Å²) in [6.45, 7) is 17.5. The van der Waals surface area contributed by atoms with E-state index in [0.29, 0.717) is 18.3 Å². The van der Waals surface area contributed by atoms with Gasteiger partial charge in [-0.3, -0.25) is 5.41 Å². The molecule has 10 nitrogen and oxygen atoms in total. The summed E-state index contributed by atoms with van der Waals surface area (Å²) in [7, 11) is 0. The number of oxime groups is 1. The van der Waals surface area contributed by atoms with E-state index in [2.05, 4.69) is 98.4 Å². The van der Waals surface area contributed by atoms with Gasteiger partial charge in [-0.25, -0.2) is 0 Å². The van der Waals surface area contributed by atoms with Crippen molar-refractivity contribution < 1.29 is 14.1 Å². The molecule has 1 fully saturated rings. The van der Waals surface area contributed by atoms with Gasteiger partial charge < -0.3 is 30.0 Å². The predicted molar refractivity (Wildman–Crippen MR) is 222 cm³/mol. The first kappa shape index (κ1) is 42.4. The molecule has 1 aromatic heterocycles. The Bertz CT molecular complexity index is 1670. The monoisotopic (exact) mass is 742 g/mol. The van der Waals surface area contributed by atoms with Crippen LogP contribution in [0.25, 0.3) is 22.2 Å². The van der Waals surface area contributed by atoms with Crippen LogP contribution in [0.3, 0.4) is 0 Å². The molecule has 2 aromatic carbocycles. The van der Waals surface area contributed by atoms with Crippen molar-refractivity contribution in [2.45, 2.75) is 137 Å². The third-order valence-corrected chi connectivity index (χ3v) is 10.9. The van der Waals surface area contributed by atoms with Gasteiger partial charge in [0.2, 0.25) is 11.7 Å². The number of aromatic nitrogens is 2. The molecule has 3 aromatic rings. The lowest BCUT2D eigenvalue weighted by molar-refractivity contribution is 0.186. The molecule has 0 saturated carbocycles. The average molecular weight is 742 g/mol. The molecule has 0 spiro atoms. The third kappa shape index (κ3) is 12.9. The number of nitrogens with one attached hydrogen (secondary N) is 2. The topological polar surface area (TPSA) is 135 Å². The van der Waals surface area contributed by atoms with Gasteiger partial charge in [0, 0.05) is 30.0 Å². The van der Waals surface area contributed by atoms with E-state index >= 15 is 0 Å². The Morgan fingerprint density at radius 1 is 1.07 bits per heavy atom. The van der Waals surface area contributed by atoms with Crippen LogP contribution in [0.5, 0.6) is 5.75 Å². The van der Waals surface area contributed by atoms with Crippen LogP contribution in [-0.2, 0) is 4.84 Å². The molecule has 1 aliphatic rings.